The Morgan fingerprint density at radius 3 is 2.69 bits per heavy atom. The molecule has 0 aromatic carbocycles. The molecule has 0 amide bonds. The van der Waals surface area contributed by atoms with Crippen LogP contribution in [0.15, 0.2) is 11.4 Å². The number of nitrogens with one attached hydrogen (secondary N) is 1. The third kappa shape index (κ3) is 2.68. The molecule has 0 bridgehead atoms. The van der Waals surface area contributed by atoms with Gasteiger partial charge in [0.05, 0.1) is 5.69 Å². The van der Waals surface area contributed by atoms with E-state index in [4.69, 9.17) is 5.11 Å². The Labute approximate surface area is 78.2 Å². The summed E-state index contributed by atoms with van der Waals surface area (Å²) in [6.07, 6.45) is 0. The topological polar surface area (TPSA) is 109 Å². The Hall–Kier alpha value is -1.12. The van der Waals surface area contributed by atoms with Crippen molar-refractivity contribution >= 4 is 33.2 Å². The number of rotatable bonds is 3. The molecule has 0 aliphatic heterocycles. The first-order chi connectivity index (χ1) is 5.90. The van der Waals surface area contributed by atoms with Gasteiger partial charge < -0.3 is 5.11 Å². The second-order valence-electron chi connectivity index (χ2n) is 2.12. The summed E-state index contributed by atoms with van der Waals surface area (Å²) >= 11 is 0.916. The van der Waals surface area contributed by atoms with E-state index in [0.29, 0.717) is 0 Å². The zero-order valence-electron chi connectivity index (χ0n) is 6.22. The van der Waals surface area contributed by atoms with Gasteiger partial charge in [-0.15, -0.1) is 11.3 Å². The summed E-state index contributed by atoms with van der Waals surface area (Å²) in [5, 5.41) is 14.7. The van der Waals surface area contributed by atoms with Crippen LogP contribution in [0.4, 0.5) is 5.69 Å². The zero-order chi connectivity index (χ0) is 10.1. The molecule has 1 aromatic heterocycles. The van der Waals surface area contributed by atoms with Gasteiger partial charge in [-0.1, -0.05) is 0 Å². The molecule has 1 rings (SSSR count). The number of anilines is 1. The molecule has 1 aromatic rings. The molecular weight excluding hydrogens is 216 g/mol. The van der Waals surface area contributed by atoms with Gasteiger partial charge in [0.15, 0.2) is 0 Å². The number of thiophene rings is 1. The number of hydrogen-bond acceptors (Lipinski definition) is 4. The van der Waals surface area contributed by atoms with E-state index < -0.39 is 16.2 Å². The highest BCUT2D eigenvalue weighted by Gasteiger charge is 2.14. The lowest BCUT2D eigenvalue weighted by Crippen LogP contribution is -2.22. The fourth-order valence-corrected chi connectivity index (χ4v) is 1.94. The molecular formula is C5H6N2O4S2. The van der Waals surface area contributed by atoms with Crippen LogP contribution in [0.2, 0.25) is 0 Å². The van der Waals surface area contributed by atoms with Gasteiger partial charge in [-0.25, -0.2) is 9.93 Å². The Bertz CT molecular complexity index is 421. The monoisotopic (exact) mass is 222 g/mol. The minimum Gasteiger partial charge on any atom is -0.477 e. The van der Waals surface area contributed by atoms with Crippen LogP contribution in [0.1, 0.15) is 9.67 Å². The van der Waals surface area contributed by atoms with Gasteiger partial charge in [-0.2, -0.15) is 8.42 Å². The van der Waals surface area contributed by atoms with Crippen molar-refractivity contribution in [2.45, 2.75) is 0 Å². The number of hydrogen-bond donors (Lipinski definition) is 3. The minimum absolute atomic E-state index is 0.0139. The predicted octanol–water partition coefficient (Wildman–Crippen LogP) is 0.0617. The van der Waals surface area contributed by atoms with Crippen LogP contribution in [0.25, 0.3) is 0 Å². The van der Waals surface area contributed by atoms with Crippen molar-refractivity contribution in [2.75, 3.05) is 4.72 Å². The van der Waals surface area contributed by atoms with Crippen LogP contribution in [-0.2, 0) is 10.2 Å². The van der Waals surface area contributed by atoms with Crippen molar-refractivity contribution in [1.29, 1.82) is 0 Å². The molecule has 0 unspecified atom stereocenters. The average molecular weight is 222 g/mol. The second kappa shape index (κ2) is 3.32. The number of nitrogens with two attached hydrogens (primary N) is 1. The van der Waals surface area contributed by atoms with Gasteiger partial charge in [0.2, 0.25) is 0 Å². The van der Waals surface area contributed by atoms with Gasteiger partial charge in [-0.3, -0.25) is 4.72 Å². The van der Waals surface area contributed by atoms with Crippen LogP contribution in [-0.4, -0.2) is 19.5 Å². The first-order valence-electron chi connectivity index (χ1n) is 3.01. The Morgan fingerprint density at radius 1 is 1.62 bits per heavy atom. The van der Waals surface area contributed by atoms with Crippen molar-refractivity contribution in [2.24, 2.45) is 5.14 Å². The number of aromatic carboxylic acids is 1. The van der Waals surface area contributed by atoms with Crippen LogP contribution in [0.5, 0.6) is 0 Å². The number of carbonyl (C=O) groups is 1. The second-order valence-corrected chi connectivity index (χ2v) is 4.33. The standard InChI is InChI=1S/C5H6N2O4S2/c6-13(10,11)7-3-1-2-12-4(3)5(8)9/h1-2,7H,(H,8,9)(H2,6,10,11). The van der Waals surface area contributed by atoms with Crippen LogP contribution in [0.3, 0.4) is 0 Å². The molecule has 0 saturated heterocycles. The SMILES string of the molecule is NS(=O)(=O)Nc1ccsc1C(=O)O. The number of carboxylic acid groups (broad SMARTS) is 1. The summed E-state index contributed by atoms with van der Waals surface area (Å²) in [5.41, 5.74) is -0.0139. The maximum Gasteiger partial charge on any atom is 0.348 e. The summed E-state index contributed by atoms with van der Waals surface area (Å²) in [6, 6.07) is 1.33. The highest BCUT2D eigenvalue weighted by atomic mass is 32.2. The Kier molecular flexibility index (Phi) is 2.55. The highest BCUT2D eigenvalue weighted by molar-refractivity contribution is 7.90. The van der Waals surface area contributed by atoms with E-state index in [1.54, 1.807) is 0 Å². The number of carboxylic acids is 1. The normalized spacial score (nSPS) is 11.2. The summed E-state index contributed by atoms with van der Waals surface area (Å²) in [7, 11) is -3.91. The van der Waals surface area contributed by atoms with Gasteiger partial charge >= 0.3 is 5.97 Å². The fourth-order valence-electron chi connectivity index (χ4n) is 0.709. The summed E-state index contributed by atoms with van der Waals surface area (Å²) in [5.74, 6) is -1.19. The quantitative estimate of drug-likeness (QED) is 0.671. The van der Waals surface area contributed by atoms with Gasteiger partial charge in [0.25, 0.3) is 10.2 Å². The summed E-state index contributed by atoms with van der Waals surface area (Å²) in [4.78, 5) is 10.4. The molecule has 4 N–H and O–H groups in total. The van der Waals surface area contributed by atoms with Gasteiger partial charge in [0, 0.05) is 0 Å². The maximum atomic E-state index is 10.6. The van der Waals surface area contributed by atoms with Crippen molar-refractivity contribution in [3.63, 3.8) is 0 Å². The van der Waals surface area contributed by atoms with E-state index in [2.05, 4.69) is 5.14 Å². The lowest BCUT2D eigenvalue weighted by Gasteiger charge is -2.00. The lowest BCUT2D eigenvalue weighted by atomic mass is 10.4. The van der Waals surface area contributed by atoms with Crippen LogP contribution in [0, 0.1) is 0 Å². The highest BCUT2D eigenvalue weighted by Crippen LogP contribution is 2.22. The van der Waals surface area contributed by atoms with E-state index in [0.717, 1.165) is 11.3 Å². The largest absolute Gasteiger partial charge is 0.477 e. The summed E-state index contributed by atoms with van der Waals surface area (Å²) in [6.45, 7) is 0. The van der Waals surface area contributed by atoms with E-state index in [-0.39, 0.29) is 10.6 Å². The van der Waals surface area contributed by atoms with E-state index >= 15 is 0 Å². The molecule has 0 saturated carbocycles. The maximum absolute atomic E-state index is 10.6. The molecule has 6 nitrogen and oxygen atoms in total. The lowest BCUT2D eigenvalue weighted by molar-refractivity contribution is 0.0703. The molecule has 0 radical (unpaired) electrons. The third-order valence-corrected chi connectivity index (χ3v) is 2.52. The first-order valence-corrected chi connectivity index (χ1v) is 5.44. The van der Waals surface area contributed by atoms with Crippen molar-refractivity contribution in [3.05, 3.63) is 16.3 Å². The zero-order valence-corrected chi connectivity index (χ0v) is 7.85. The van der Waals surface area contributed by atoms with Crippen LogP contribution >= 0.6 is 11.3 Å². The molecule has 0 spiro atoms. The van der Waals surface area contributed by atoms with E-state index in [9.17, 15) is 13.2 Å². The van der Waals surface area contributed by atoms with E-state index in [1.165, 1.54) is 11.4 Å². The van der Waals surface area contributed by atoms with Crippen molar-refractivity contribution in [3.8, 4) is 0 Å². The molecule has 0 fully saturated rings. The van der Waals surface area contributed by atoms with Crippen molar-refractivity contribution < 1.29 is 18.3 Å². The molecule has 72 valence electrons. The Morgan fingerprint density at radius 2 is 2.23 bits per heavy atom. The smallest absolute Gasteiger partial charge is 0.348 e. The third-order valence-electron chi connectivity index (χ3n) is 1.11. The van der Waals surface area contributed by atoms with Crippen LogP contribution < -0.4 is 9.86 Å². The molecule has 13 heavy (non-hydrogen) atoms. The predicted molar refractivity (Wildman–Crippen MR) is 48.0 cm³/mol. The molecule has 8 heteroatoms. The van der Waals surface area contributed by atoms with Crippen molar-refractivity contribution in [1.82, 2.24) is 0 Å². The molecule has 0 aliphatic carbocycles. The van der Waals surface area contributed by atoms with E-state index in [1.807, 2.05) is 4.72 Å². The minimum atomic E-state index is -3.91. The molecule has 1 heterocycles. The fraction of sp³-hybridized carbons (Fsp3) is 0. The molecule has 0 atom stereocenters. The first kappa shape index (κ1) is 9.96. The Balaban J connectivity index is 3.02. The molecule has 0 aliphatic rings. The van der Waals surface area contributed by atoms with Gasteiger partial charge in [0.1, 0.15) is 4.88 Å². The summed E-state index contributed by atoms with van der Waals surface area (Å²) < 4.78 is 23.0. The average Bonchev–Trinajstić information content (AvgIpc) is 2.31. The van der Waals surface area contributed by atoms with Gasteiger partial charge in [-0.05, 0) is 11.4 Å².